The van der Waals surface area contributed by atoms with Crippen LogP contribution in [0.5, 0.6) is 0 Å². The molecule has 0 fully saturated rings. The number of sulfonamides is 1. The molecule has 2 heterocycles. The van der Waals surface area contributed by atoms with Crippen molar-refractivity contribution in [2.45, 2.75) is 45.6 Å². The third kappa shape index (κ3) is 5.95. The van der Waals surface area contributed by atoms with Gasteiger partial charge in [-0.05, 0) is 49.8 Å². The Balaban J connectivity index is 1.34. The summed E-state index contributed by atoms with van der Waals surface area (Å²) >= 11 is 1.62. The quantitative estimate of drug-likeness (QED) is 0.387. The van der Waals surface area contributed by atoms with Crippen LogP contribution in [-0.2, 0) is 39.0 Å². The first-order chi connectivity index (χ1) is 15.8. The lowest BCUT2D eigenvalue weighted by molar-refractivity contribution is -0.143. The summed E-state index contributed by atoms with van der Waals surface area (Å²) in [6.45, 7) is 1.28. The molecule has 174 valence electrons. The predicted molar refractivity (Wildman–Crippen MR) is 130 cm³/mol. The average Bonchev–Trinajstić information content (AvgIpc) is 2.98. The van der Waals surface area contributed by atoms with E-state index in [1.54, 1.807) is 11.3 Å². The first-order valence-corrected chi connectivity index (χ1v) is 13.1. The van der Waals surface area contributed by atoms with Crippen LogP contribution in [0, 0.1) is 6.92 Å². The number of carbonyl (C=O) groups excluding carboxylic acids is 1. The molecule has 3 N–H and O–H groups in total. The Labute approximate surface area is 196 Å². The summed E-state index contributed by atoms with van der Waals surface area (Å²) in [5.74, 6) is -0.0363. The van der Waals surface area contributed by atoms with Crippen LogP contribution in [0.1, 0.15) is 46.7 Å². The Morgan fingerprint density at radius 1 is 1.18 bits per heavy atom. The summed E-state index contributed by atoms with van der Waals surface area (Å²) in [5, 5.41) is 1.93. The van der Waals surface area contributed by atoms with Gasteiger partial charge in [-0.2, -0.15) is 0 Å². The number of anilines is 1. The number of carbonyl (C=O) groups is 1. The zero-order valence-electron chi connectivity index (χ0n) is 18.3. The van der Waals surface area contributed by atoms with Crippen molar-refractivity contribution in [1.82, 2.24) is 14.7 Å². The molecule has 0 saturated carbocycles. The topological polar surface area (TPSA) is 124 Å². The molecule has 0 saturated heterocycles. The number of aryl methyl sites for hydroxylation is 3. The van der Waals surface area contributed by atoms with Crippen molar-refractivity contribution in [3.8, 4) is 0 Å². The fourth-order valence-corrected chi connectivity index (χ4v) is 5.76. The van der Waals surface area contributed by atoms with Crippen molar-refractivity contribution in [1.29, 1.82) is 0 Å². The van der Waals surface area contributed by atoms with Gasteiger partial charge in [-0.15, -0.1) is 11.3 Å². The first kappa shape index (κ1) is 23.3. The monoisotopic (exact) mass is 486 g/mol. The number of nitrogens with zero attached hydrogens (tertiary/aromatic N) is 2. The van der Waals surface area contributed by atoms with Crippen LogP contribution in [0.25, 0.3) is 16.3 Å². The second-order valence-corrected chi connectivity index (χ2v) is 10.7. The minimum absolute atomic E-state index is 0.178. The molecule has 0 spiro atoms. The molecule has 0 aliphatic heterocycles. The number of nitrogens with two attached hydrogens (primary N) is 1. The van der Waals surface area contributed by atoms with Gasteiger partial charge >= 0.3 is 5.97 Å². The molecule has 0 bridgehead atoms. The number of nitrogens with one attached hydrogen (secondary N) is 1. The molecule has 8 nitrogen and oxygen atoms in total. The van der Waals surface area contributed by atoms with Crippen molar-refractivity contribution >= 4 is 49.4 Å². The minimum Gasteiger partial charge on any atom is -0.456 e. The maximum atomic E-state index is 12.1. The molecule has 0 amide bonds. The Bertz CT molecular complexity index is 1300. The van der Waals surface area contributed by atoms with Crippen molar-refractivity contribution in [2.75, 3.05) is 12.3 Å². The van der Waals surface area contributed by atoms with E-state index < -0.39 is 22.5 Å². The number of nitrogen functional groups attached to an aromatic ring is 1. The maximum absolute atomic E-state index is 12.1. The van der Waals surface area contributed by atoms with Gasteiger partial charge in [-0.3, -0.25) is 4.79 Å². The highest BCUT2D eigenvalue weighted by Gasteiger charge is 2.20. The molecule has 4 rings (SSSR count). The molecule has 33 heavy (non-hydrogen) atoms. The van der Waals surface area contributed by atoms with E-state index in [9.17, 15) is 13.2 Å². The maximum Gasteiger partial charge on any atom is 0.321 e. The third-order valence-electron chi connectivity index (χ3n) is 5.44. The van der Waals surface area contributed by atoms with Gasteiger partial charge < -0.3 is 10.5 Å². The summed E-state index contributed by atoms with van der Waals surface area (Å²) in [4.78, 5) is 23.0. The zero-order valence-corrected chi connectivity index (χ0v) is 20.0. The lowest BCUT2D eigenvalue weighted by atomic mass is 10.1. The van der Waals surface area contributed by atoms with Crippen LogP contribution in [0.2, 0.25) is 0 Å². The molecule has 3 aromatic rings. The van der Waals surface area contributed by atoms with Gasteiger partial charge in [0.15, 0.2) is 12.4 Å². The molecular weight excluding hydrogens is 460 g/mol. The Hall–Kier alpha value is -2.82. The SMILES string of the molecule is Cc1ccc(/C=C/S(=O)(=O)NCC(=O)OCc2nc(N)c3c4c(sc3n2)CCCCC4)cc1. The van der Waals surface area contributed by atoms with Crippen molar-refractivity contribution in [2.24, 2.45) is 0 Å². The number of thiophene rings is 1. The number of hydrogen-bond acceptors (Lipinski definition) is 8. The van der Waals surface area contributed by atoms with Crippen LogP contribution in [-0.4, -0.2) is 30.9 Å². The third-order valence-corrected chi connectivity index (χ3v) is 7.66. The fraction of sp³-hybridized carbons (Fsp3) is 0.348. The Kier molecular flexibility index (Phi) is 7.06. The van der Waals surface area contributed by atoms with E-state index in [-0.39, 0.29) is 6.61 Å². The van der Waals surface area contributed by atoms with E-state index in [1.165, 1.54) is 22.9 Å². The largest absolute Gasteiger partial charge is 0.456 e. The van der Waals surface area contributed by atoms with Gasteiger partial charge in [-0.25, -0.2) is 23.1 Å². The second kappa shape index (κ2) is 9.98. The zero-order chi connectivity index (χ0) is 23.4. The van der Waals surface area contributed by atoms with E-state index in [4.69, 9.17) is 10.5 Å². The van der Waals surface area contributed by atoms with Crippen LogP contribution < -0.4 is 10.5 Å². The number of esters is 1. The van der Waals surface area contributed by atoms with Crippen LogP contribution in [0.15, 0.2) is 29.7 Å². The Morgan fingerprint density at radius 2 is 1.94 bits per heavy atom. The molecule has 1 aliphatic carbocycles. The lowest BCUT2D eigenvalue weighted by Gasteiger charge is -2.07. The van der Waals surface area contributed by atoms with Gasteiger partial charge in [0, 0.05) is 10.3 Å². The second-order valence-electron chi connectivity index (χ2n) is 8.01. The summed E-state index contributed by atoms with van der Waals surface area (Å²) in [7, 11) is -3.79. The smallest absolute Gasteiger partial charge is 0.321 e. The number of ether oxygens (including phenoxy) is 1. The van der Waals surface area contributed by atoms with Crippen LogP contribution in [0.3, 0.4) is 0 Å². The number of aromatic nitrogens is 2. The summed E-state index contributed by atoms with van der Waals surface area (Å²) < 4.78 is 31.6. The molecule has 2 aromatic heterocycles. The average molecular weight is 487 g/mol. The molecular formula is C23H26N4O4S2. The molecule has 1 aromatic carbocycles. The van der Waals surface area contributed by atoms with Crippen LogP contribution >= 0.6 is 11.3 Å². The van der Waals surface area contributed by atoms with Gasteiger partial charge in [-0.1, -0.05) is 36.2 Å². The van der Waals surface area contributed by atoms with Gasteiger partial charge in [0.1, 0.15) is 17.2 Å². The van der Waals surface area contributed by atoms with Gasteiger partial charge in [0.05, 0.1) is 5.39 Å². The van der Waals surface area contributed by atoms with E-state index in [2.05, 4.69) is 14.7 Å². The molecule has 0 radical (unpaired) electrons. The predicted octanol–water partition coefficient (Wildman–Crippen LogP) is 3.48. The Morgan fingerprint density at radius 3 is 2.73 bits per heavy atom. The van der Waals surface area contributed by atoms with Crippen LogP contribution in [0.4, 0.5) is 5.82 Å². The number of hydrogen-bond donors (Lipinski definition) is 2. The first-order valence-electron chi connectivity index (χ1n) is 10.8. The summed E-state index contributed by atoms with van der Waals surface area (Å²) in [6.07, 6.45) is 6.97. The lowest BCUT2D eigenvalue weighted by Crippen LogP contribution is -2.29. The minimum atomic E-state index is -3.79. The fourth-order valence-electron chi connectivity index (χ4n) is 3.72. The van der Waals surface area contributed by atoms with Crippen molar-refractivity contribution < 1.29 is 17.9 Å². The summed E-state index contributed by atoms with van der Waals surface area (Å²) in [6, 6.07) is 7.39. The number of fused-ring (bicyclic) bond motifs is 3. The highest BCUT2D eigenvalue weighted by atomic mass is 32.2. The van der Waals surface area contributed by atoms with E-state index in [0.29, 0.717) is 11.6 Å². The van der Waals surface area contributed by atoms with E-state index >= 15 is 0 Å². The molecule has 1 aliphatic rings. The molecule has 0 unspecified atom stereocenters. The molecule has 10 heteroatoms. The van der Waals surface area contributed by atoms with Crippen molar-refractivity contribution in [3.05, 3.63) is 57.1 Å². The highest BCUT2D eigenvalue weighted by molar-refractivity contribution is 7.92. The molecule has 0 atom stereocenters. The number of benzene rings is 1. The highest BCUT2D eigenvalue weighted by Crippen LogP contribution is 2.37. The van der Waals surface area contributed by atoms with Gasteiger partial charge in [0.25, 0.3) is 0 Å². The van der Waals surface area contributed by atoms with Crippen molar-refractivity contribution in [3.63, 3.8) is 0 Å². The van der Waals surface area contributed by atoms with Gasteiger partial charge in [0.2, 0.25) is 10.0 Å². The standard InChI is InChI=1S/C23H26N4O4S2/c1-15-7-9-16(10-8-15)11-12-33(29,30)25-13-20(28)31-14-19-26-22(24)21-17-5-3-2-4-6-18(17)32-23(21)27-19/h7-12,25H,2-6,13-14H2,1H3,(H2,24,26,27)/b12-11+. The van der Waals surface area contributed by atoms with E-state index in [0.717, 1.165) is 52.4 Å². The van der Waals surface area contributed by atoms with E-state index in [1.807, 2.05) is 31.2 Å². The summed E-state index contributed by atoms with van der Waals surface area (Å²) in [5.41, 5.74) is 9.27. The normalized spacial score (nSPS) is 14.3. The number of rotatable bonds is 7.